The fraction of sp³-hybridized carbons (Fsp3) is 0.750. The lowest BCUT2D eigenvalue weighted by Crippen LogP contribution is -2.52. The first kappa shape index (κ1) is 12.9. The molecule has 0 spiro atoms. The molecule has 0 aromatic rings. The Morgan fingerprint density at radius 3 is 2.72 bits per heavy atom. The van der Waals surface area contributed by atoms with E-state index in [1.165, 1.54) is 4.90 Å². The molecular weight excluding hydrogens is 236 g/mol. The molecule has 2 N–H and O–H groups in total. The van der Waals surface area contributed by atoms with Crippen LogP contribution in [0.4, 0.5) is 0 Å². The summed E-state index contributed by atoms with van der Waals surface area (Å²) in [6.07, 6.45) is 1.50. The molecule has 0 aromatic carbocycles. The number of carboxylic acid groups (broad SMARTS) is 1. The van der Waals surface area contributed by atoms with Gasteiger partial charge in [-0.25, -0.2) is 4.79 Å². The molecule has 0 aromatic heterocycles. The Labute approximate surface area is 105 Å². The summed E-state index contributed by atoms with van der Waals surface area (Å²) in [6, 6.07) is -0.739. The van der Waals surface area contributed by atoms with Crippen LogP contribution in [0.2, 0.25) is 0 Å². The lowest BCUT2D eigenvalue weighted by Gasteiger charge is -2.37. The molecule has 6 nitrogen and oxygen atoms in total. The maximum Gasteiger partial charge on any atom is 0.326 e. The first-order valence-electron chi connectivity index (χ1n) is 6.29. The van der Waals surface area contributed by atoms with E-state index in [4.69, 9.17) is 0 Å². The van der Waals surface area contributed by atoms with Gasteiger partial charge in [0.1, 0.15) is 6.04 Å². The van der Waals surface area contributed by atoms with Gasteiger partial charge in [-0.3, -0.25) is 9.59 Å². The fourth-order valence-electron chi connectivity index (χ4n) is 2.65. The number of hydrogen-bond acceptors (Lipinski definition) is 3. The Morgan fingerprint density at radius 1 is 1.44 bits per heavy atom. The van der Waals surface area contributed by atoms with Gasteiger partial charge < -0.3 is 15.3 Å². The maximum absolute atomic E-state index is 12.2. The second-order valence-electron chi connectivity index (χ2n) is 5.22. The largest absolute Gasteiger partial charge is 0.480 e. The topological polar surface area (TPSA) is 86.7 Å². The molecule has 2 aliphatic rings. The molecule has 2 saturated heterocycles. The zero-order valence-corrected chi connectivity index (χ0v) is 10.4. The number of hydrogen-bond donors (Lipinski definition) is 2. The maximum atomic E-state index is 12.2. The number of carbonyl (C=O) groups excluding carboxylic acids is 2. The van der Waals surface area contributed by atoms with Crippen LogP contribution in [0, 0.1) is 11.8 Å². The standard InChI is InChI=1S/C12H18N2O4/c1-7-2-3-14(9(4-7)12(17)18)11(16)8-5-10(15)13-6-8/h7-9H,2-6H2,1H3,(H,13,15)(H,17,18). The molecule has 0 radical (unpaired) electrons. The van der Waals surface area contributed by atoms with E-state index in [9.17, 15) is 19.5 Å². The van der Waals surface area contributed by atoms with Crippen molar-refractivity contribution in [1.82, 2.24) is 10.2 Å². The smallest absolute Gasteiger partial charge is 0.326 e. The van der Waals surface area contributed by atoms with Gasteiger partial charge in [-0.15, -0.1) is 0 Å². The Hall–Kier alpha value is -1.59. The lowest BCUT2D eigenvalue weighted by atomic mass is 9.91. The molecule has 0 saturated carbocycles. The van der Waals surface area contributed by atoms with Crippen molar-refractivity contribution in [3.05, 3.63) is 0 Å². The van der Waals surface area contributed by atoms with E-state index in [1.807, 2.05) is 6.92 Å². The highest BCUT2D eigenvalue weighted by atomic mass is 16.4. The van der Waals surface area contributed by atoms with Gasteiger partial charge in [0, 0.05) is 19.5 Å². The second-order valence-corrected chi connectivity index (χ2v) is 5.22. The number of likely N-dealkylation sites (tertiary alicyclic amines) is 1. The summed E-state index contributed by atoms with van der Waals surface area (Å²) in [5.41, 5.74) is 0. The van der Waals surface area contributed by atoms with Crippen LogP contribution in [-0.4, -0.2) is 46.9 Å². The fourth-order valence-corrected chi connectivity index (χ4v) is 2.65. The molecule has 2 rings (SSSR count). The Kier molecular flexibility index (Phi) is 3.54. The third kappa shape index (κ3) is 2.47. The Balaban J connectivity index is 2.07. The molecule has 0 aliphatic carbocycles. The SMILES string of the molecule is CC1CCN(C(=O)C2CNC(=O)C2)C(C(=O)O)C1. The minimum atomic E-state index is -0.952. The predicted octanol–water partition coefficient (Wildman–Crippen LogP) is -0.166. The van der Waals surface area contributed by atoms with Crippen molar-refractivity contribution in [2.24, 2.45) is 11.8 Å². The zero-order valence-electron chi connectivity index (χ0n) is 10.4. The molecule has 2 amide bonds. The van der Waals surface area contributed by atoms with Crippen molar-refractivity contribution in [2.45, 2.75) is 32.2 Å². The molecule has 0 bridgehead atoms. The van der Waals surface area contributed by atoms with Gasteiger partial charge in [0.15, 0.2) is 0 Å². The summed E-state index contributed by atoms with van der Waals surface area (Å²) in [4.78, 5) is 36.0. The van der Waals surface area contributed by atoms with E-state index in [0.717, 1.165) is 6.42 Å². The summed E-state index contributed by atoms with van der Waals surface area (Å²) >= 11 is 0. The summed E-state index contributed by atoms with van der Waals surface area (Å²) in [5.74, 6) is -1.36. The van der Waals surface area contributed by atoms with Gasteiger partial charge in [-0.05, 0) is 18.8 Å². The van der Waals surface area contributed by atoms with Crippen LogP contribution in [0.5, 0.6) is 0 Å². The molecule has 2 fully saturated rings. The van der Waals surface area contributed by atoms with Gasteiger partial charge in [0.05, 0.1) is 5.92 Å². The van der Waals surface area contributed by atoms with Crippen molar-refractivity contribution < 1.29 is 19.5 Å². The summed E-state index contributed by atoms with van der Waals surface area (Å²) in [5, 5.41) is 11.8. The number of carboxylic acids is 1. The average Bonchev–Trinajstić information content (AvgIpc) is 2.75. The van der Waals surface area contributed by atoms with Crippen molar-refractivity contribution in [1.29, 1.82) is 0 Å². The van der Waals surface area contributed by atoms with E-state index in [2.05, 4.69) is 5.32 Å². The van der Waals surface area contributed by atoms with Crippen LogP contribution >= 0.6 is 0 Å². The number of nitrogens with one attached hydrogen (secondary N) is 1. The highest BCUT2D eigenvalue weighted by Gasteiger charge is 2.39. The van der Waals surface area contributed by atoms with E-state index >= 15 is 0 Å². The van der Waals surface area contributed by atoms with Gasteiger partial charge in [-0.1, -0.05) is 6.92 Å². The average molecular weight is 254 g/mol. The van der Waals surface area contributed by atoms with Gasteiger partial charge in [-0.2, -0.15) is 0 Å². The first-order valence-corrected chi connectivity index (χ1v) is 6.29. The first-order chi connectivity index (χ1) is 8.49. The summed E-state index contributed by atoms with van der Waals surface area (Å²) in [6.45, 7) is 2.80. The number of amides is 2. The van der Waals surface area contributed by atoms with Gasteiger partial charge in [0.25, 0.3) is 0 Å². The number of rotatable bonds is 2. The van der Waals surface area contributed by atoms with E-state index < -0.39 is 17.9 Å². The van der Waals surface area contributed by atoms with Crippen LogP contribution in [-0.2, 0) is 14.4 Å². The Bertz CT molecular complexity index is 382. The third-order valence-corrected chi connectivity index (χ3v) is 3.76. The molecular formula is C12H18N2O4. The highest BCUT2D eigenvalue weighted by Crippen LogP contribution is 2.25. The second kappa shape index (κ2) is 4.96. The molecule has 3 unspecified atom stereocenters. The van der Waals surface area contributed by atoms with E-state index in [0.29, 0.717) is 25.4 Å². The third-order valence-electron chi connectivity index (χ3n) is 3.76. The molecule has 2 heterocycles. The van der Waals surface area contributed by atoms with Gasteiger partial charge >= 0.3 is 5.97 Å². The number of piperidine rings is 1. The Morgan fingerprint density at radius 2 is 2.17 bits per heavy atom. The zero-order chi connectivity index (χ0) is 13.3. The van der Waals surface area contributed by atoms with Crippen LogP contribution in [0.1, 0.15) is 26.2 Å². The van der Waals surface area contributed by atoms with Crippen molar-refractivity contribution >= 4 is 17.8 Å². The normalized spacial score (nSPS) is 32.2. The lowest BCUT2D eigenvalue weighted by molar-refractivity contribution is -0.154. The summed E-state index contributed by atoms with van der Waals surface area (Å²) < 4.78 is 0. The molecule has 18 heavy (non-hydrogen) atoms. The van der Waals surface area contributed by atoms with Crippen molar-refractivity contribution in [3.63, 3.8) is 0 Å². The number of nitrogens with zero attached hydrogens (tertiary/aromatic N) is 1. The van der Waals surface area contributed by atoms with Crippen LogP contribution in [0.3, 0.4) is 0 Å². The van der Waals surface area contributed by atoms with Crippen molar-refractivity contribution in [2.75, 3.05) is 13.1 Å². The number of aliphatic carboxylic acids is 1. The van der Waals surface area contributed by atoms with E-state index in [1.54, 1.807) is 0 Å². The summed E-state index contributed by atoms with van der Waals surface area (Å²) in [7, 11) is 0. The van der Waals surface area contributed by atoms with Crippen molar-refractivity contribution in [3.8, 4) is 0 Å². The molecule has 100 valence electrons. The molecule has 6 heteroatoms. The molecule has 3 atom stereocenters. The van der Waals surface area contributed by atoms with E-state index in [-0.39, 0.29) is 18.2 Å². The quantitative estimate of drug-likeness (QED) is 0.716. The number of carbonyl (C=O) groups is 3. The van der Waals surface area contributed by atoms with Crippen LogP contribution in [0.25, 0.3) is 0 Å². The van der Waals surface area contributed by atoms with Crippen LogP contribution < -0.4 is 5.32 Å². The predicted molar refractivity (Wildman–Crippen MR) is 62.7 cm³/mol. The van der Waals surface area contributed by atoms with Gasteiger partial charge in [0.2, 0.25) is 11.8 Å². The molecule has 2 aliphatic heterocycles. The highest BCUT2D eigenvalue weighted by molar-refractivity contribution is 5.91. The monoisotopic (exact) mass is 254 g/mol. The van der Waals surface area contributed by atoms with Crippen LogP contribution in [0.15, 0.2) is 0 Å². The minimum absolute atomic E-state index is 0.134. The minimum Gasteiger partial charge on any atom is -0.480 e.